The van der Waals surface area contributed by atoms with Gasteiger partial charge in [-0.3, -0.25) is 28.5 Å². The molecule has 3 aromatic rings. The van der Waals surface area contributed by atoms with E-state index in [4.69, 9.17) is 10.8 Å². The molecular formula is C27H27F2N5O6. The number of rotatable bonds is 11. The first-order chi connectivity index (χ1) is 18.8. The van der Waals surface area contributed by atoms with Gasteiger partial charge in [-0.2, -0.15) is 8.78 Å². The molecule has 0 spiro atoms. The molecule has 2 unspecified atom stereocenters. The number of carboxylic acids is 1. The number of benzene rings is 2. The fraction of sp³-hybridized carbons (Fsp3) is 0.259. The van der Waals surface area contributed by atoms with Crippen molar-refractivity contribution in [3.63, 3.8) is 0 Å². The van der Waals surface area contributed by atoms with Crippen LogP contribution in [0, 0.1) is 6.92 Å². The van der Waals surface area contributed by atoms with Crippen molar-refractivity contribution in [2.24, 2.45) is 0 Å². The Morgan fingerprint density at radius 2 is 1.75 bits per heavy atom. The van der Waals surface area contributed by atoms with Crippen LogP contribution in [-0.4, -0.2) is 56.2 Å². The highest BCUT2D eigenvalue weighted by molar-refractivity contribution is 6.11. The molecule has 2 aromatic carbocycles. The van der Waals surface area contributed by atoms with Crippen molar-refractivity contribution in [3.05, 3.63) is 82.3 Å². The van der Waals surface area contributed by atoms with E-state index in [1.54, 1.807) is 41.7 Å². The highest BCUT2D eigenvalue weighted by Gasteiger charge is 2.51. The fourth-order valence-corrected chi connectivity index (χ4v) is 3.79. The van der Waals surface area contributed by atoms with Gasteiger partial charge in [-0.25, -0.2) is 4.98 Å². The zero-order chi connectivity index (χ0) is 29.6. The second kappa shape index (κ2) is 12.3. The van der Waals surface area contributed by atoms with Gasteiger partial charge < -0.3 is 21.5 Å². The third-order valence-corrected chi connectivity index (χ3v) is 5.90. The van der Waals surface area contributed by atoms with E-state index in [9.17, 15) is 32.8 Å². The Bertz CT molecular complexity index is 1490. The van der Waals surface area contributed by atoms with Crippen molar-refractivity contribution in [3.8, 4) is 11.4 Å². The first-order valence-electron chi connectivity index (χ1n) is 12.0. The molecular weight excluding hydrogens is 528 g/mol. The average Bonchev–Trinajstić information content (AvgIpc) is 2.91. The molecule has 40 heavy (non-hydrogen) atoms. The molecule has 2 amide bonds. The first-order valence-corrected chi connectivity index (χ1v) is 12.0. The Morgan fingerprint density at radius 1 is 1.07 bits per heavy atom. The second-order valence-electron chi connectivity index (χ2n) is 9.08. The van der Waals surface area contributed by atoms with Crippen LogP contribution in [0.4, 0.5) is 14.5 Å². The molecule has 1 heterocycles. The number of nitrogens with two attached hydrogens (primary N) is 1. The number of carboxylic acid groups (broad SMARTS) is 1. The van der Waals surface area contributed by atoms with Crippen molar-refractivity contribution in [2.45, 2.75) is 44.8 Å². The van der Waals surface area contributed by atoms with Gasteiger partial charge in [-0.1, -0.05) is 54.1 Å². The number of aliphatic carboxylic acids is 1. The molecule has 0 aliphatic heterocycles. The molecule has 11 nitrogen and oxygen atoms in total. The molecule has 0 aliphatic rings. The van der Waals surface area contributed by atoms with Gasteiger partial charge in [0.2, 0.25) is 11.7 Å². The van der Waals surface area contributed by atoms with Gasteiger partial charge in [0.25, 0.3) is 11.5 Å². The monoisotopic (exact) mass is 555 g/mol. The lowest BCUT2D eigenvalue weighted by Gasteiger charge is -2.24. The minimum absolute atomic E-state index is 0.0800. The van der Waals surface area contributed by atoms with Gasteiger partial charge in [0.05, 0.1) is 12.2 Å². The number of ketones is 1. The summed E-state index contributed by atoms with van der Waals surface area (Å²) in [6.07, 6.45) is 0.713. The van der Waals surface area contributed by atoms with Gasteiger partial charge >= 0.3 is 11.9 Å². The van der Waals surface area contributed by atoms with Crippen molar-refractivity contribution < 1.29 is 33.1 Å². The summed E-state index contributed by atoms with van der Waals surface area (Å²) < 4.78 is 30.8. The summed E-state index contributed by atoms with van der Waals surface area (Å²) in [6.45, 7) is 2.03. The Kier molecular flexibility index (Phi) is 9.09. The first kappa shape index (κ1) is 29.6. The number of carbonyl (C=O) groups excluding carboxylic acids is 3. The maximum atomic E-state index is 14.9. The van der Waals surface area contributed by atoms with Gasteiger partial charge in [0.15, 0.2) is 0 Å². The van der Waals surface area contributed by atoms with E-state index in [-0.39, 0.29) is 11.5 Å². The van der Waals surface area contributed by atoms with E-state index < -0.39 is 60.1 Å². The molecule has 2 atom stereocenters. The summed E-state index contributed by atoms with van der Waals surface area (Å²) in [5.41, 5.74) is 6.39. The quantitative estimate of drug-likeness (QED) is 0.256. The van der Waals surface area contributed by atoms with E-state index in [2.05, 4.69) is 10.3 Å². The molecule has 0 radical (unpaired) electrons. The number of hydrogen-bond donors (Lipinski definition) is 4. The number of alkyl halides is 2. The lowest BCUT2D eigenvalue weighted by Crippen LogP contribution is -2.57. The molecule has 0 bridgehead atoms. The van der Waals surface area contributed by atoms with E-state index in [1.807, 2.05) is 13.0 Å². The van der Waals surface area contributed by atoms with Gasteiger partial charge in [0, 0.05) is 12.0 Å². The summed E-state index contributed by atoms with van der Waals surface area (Å²) in [5, 5.41) is 12.7. The molecule has 210 valence electrons. The zero-order valence-electron chi connectivity index (χ0n) is 21.6. The Hall–Kier alpha value is -4.94. The Balaban J connectivity index is 1.93. The fourth-order valence-electron chi connectivity index (χ4n) is 3.79. The van der Waals surface area contributed by atoms with Crippen LogP contribution >= 0.6 is 0 Å². The van der Waals surface area contributed by atoms with Crippen LogP contribution in [0.15, 0.2) is 65.6 Å². The molecule has 5 N–H and O–H groups in total. The molecule has 0 saturated carbocycles. The number of hydrogen-bond acceptors (Lipinski definition) is 7. The predicted molar refractivity (Wildman–Crippen MR) is 140 cm³/mol. The number of nitrogens with zero attached hydrogens (tertiary/aromatic N) is 2. The maximum Gasteiger partial charge on any atom is 0.383 e. The molecule has 3 rings (SSSR count). The normalized spacial score (nSPS) is 12.7. The van der Waals surface area contributed by atoms with Crippen molar-refractivity contribution in [2.75, 3.05) is 5.73 Å². The smallest absolute Gasteiger partial charge is 0.383 e. The molecule has 0 aliphatic carbocycles. The number of aromatic nitrogens is 2. The van der Waals surface area contributed by atoms with E-state index in [0.717, 1.165) is 23.3 Å². The summed E-state index contributed by atoms with van der Waals surface area (Å²) in [5.74, 6) is -11.3. The Morgan fingerprint density at radius 3 is 2.38 bits per heavy atom. The van der Waals surface area contributed by atoms with Crippen LogP contribution in [0.25, 0.3) is 11.4 Å². The summed E-state index contributed by atoms with van der Waals surface area (Å²) in [6, 6.07) is 11.2. The van der Waals surface area contributed by atoms with Crippen LogP contribution in [0.3, 0.4) is 0 Å². The van der Waals surface area contributed by atoms with Crippen LogP contribution in [0.5, 0.6) is 0 Å². The van der Waals surface area contributed by atoms with Crippen LogP contribution in [-0.2, 0) is 32.1 Å². The number of anilines is 1. The van der Waals surface area contributed by atoms with Gasteiger partial charge in [0.1, 0.15) is 24.1 Å². The van der Waals surface area contributed by atoms with Crippen molar-refractivity contribution in [1.29, 1.82) is 0 Å². The number of carbonyl (C=O) groups is 4. The standard InChI is InChI=1S/C27H27F2N5O6/c1-15-7-6-10-18(11-15)23-31-13-19(30)24(37)34(23)14-21(35)33-20(12-17-8-4-3-5-9-17)22(36)27(28,29)26(40)32-16(2)25(38)39/h3-11,13,16,20H,12,14,30H2,1-2H3,(H,32,40)(H,33,35)(H,38,39). The minimum atomic E-state index is -4.68. The summed E-state index contributed by atoms with van der Waals surface area (Å²) >= 11 is 0. The van der Waals surface area contributed by atoms with Crippen LogP contribution in [0.2, 0.25) is 0 Å². The zero-order valence-corrected chi connectivity index (χ0v) is 21.6. The minimum Gasteiger partial charge on any atom is -0.480 e. The second-order valence-corrected chi connectivity index (χ2v) is 9.08. The van der Waals surface area contributed by atoms with Crippen LogP contribution in [0.1, 0.15) is 18.1 Å². The third-order valence-electron chi connectivity index (χ3n) is 5.90. The van der Waals surface area contributed by atoms with Crippen LogP contribution < -0.4 is 21.9 Å². The van der Waals surface area contributed by atoms with Gasteiger partial charge in [-0.15, -0.1) is 0 Å². The van der Waals surface area contributed by atoms with E-state index >= 15 is 0 Å². The highest BCUT2D eigenvalue weighted by atomic mass is 19.3. The summed E-state index contributed by atoms with van der Waals surface area (Å²) in [7, 11) is 0. The number of nitrogens with one attached hydrogen (secondary N) is 2. The Labute approximate surface area is 227 Å². The third kappa shape index (κ3) is 6.92. The highest BCUT2D eigenvalue weighted by Crippen LogP contribution is 2.21. The molecule has 0 saturated heterocycles. The molecule has 13 heteroatoms. The number of aryl methyl sites for hydroxylation is 1. The largest absolute Gasteiger partial charge is 0.480 e. The van der Waals surface area contributed by atoms with Crippen molar-refractivity contribution in [1.82, 2.24) is 20.2 Å². The number of Topliss-reactive ketones (excluding diaryl/α,β-unsaturated/α-hetero) is 1. The average molecular weight is 556 g/mol. The number of amides is 2. The maximum absolute atomic E-state index is 14.9. The van der Waals surface area contributed by atoms with Crippen molar-refractivity contribution >= 4 is 29.3 Å². The summed E-state index contributed by atoms with van der Waals surface area (Å²) in [4.78, 5) is 66.1. The number of halogens is 2. The number of nitrogen functional groups attached to an aromatic ring is 1. The lowest BCUT2D eigenvalue weighted by molar-refractivity contribution is -0.162. The predicted octanol–water partition coefficient (Wildman–Crippen LogP) is 1.32. The lowest BCUT2D eigenvalue weighted by atomic mass is 9.98. The van der Waals surface area contributed by atoms with E-state index in [0.29, 0.717) is 11.1 Å². The molecule has 1 aromatic heterocycles. The molecule has 0 fully saturated rings. The van der Waals surface area contributed by atoms with E-state index in [1.165, 1.54) is 12.1 Å². The SMILES string of the molecule is Cc1cccc(-c2ncc(N)c(=O)n2CC(=O)NC(Cc2ccccc2)C(=O)C(F)(F)C(=O)NC(C)C(=O)O)c1. The van der Waals surface area contributed by atoms with Gasteiger partial charge in [-0.05, 0) is 25.5 Å². The topological polar surface area (TPSA) is 173 Å².